The first-order valence-corrected chi connectivity index (χ1v) is 9.37. The molecule has 0 saturated heterocycles. The summed E-state index contributed by atoms with van der Waals surface area (Å²) in [4.78, 5) is 25.3. The van der Waals surface area contributed by atoms with E-state index in [0.717, 1.165) is 45.9 Å². The maximum absolute atomic E-state index is 12.4. The molecule has 0 bridgehead atoms. The summed E-state index contributed by atoms with van der Waals surface area (Å²) in [6.45, 7) is 10.7. The lowest BCUT2D eigenvalue weighted by molar-refractivity contribution is 0.0940. The van der Waals surface area contributed by atoms with Gasteiger partial charge in [-0.2, -0.15) is 0 Å². The second-order valence-corrected chi connectivity index (χ2v) is 6.94. The van der Waals surface area contributed by atoms with Crippen LogP contribution < -0.4 is 10.6 Å². The highest BCUT2D eigenvalue weighted by atomic mass is 16.1. The van der Waals surface area contributed by atoms with Crippen LogP contribution >= 0.6 is 0 Å². The molecule has 2 aromatic heterocycles. The lowest BCUT2D eigenvalue weighted by atomic mass is 9.94. The van der Waals surface area contributed by atoms with Gasteiger partial charge in [0.05, 0.1) is 16.8 Å². The average molecular weight is 373 g/mol. The van der Waals surface area contributed by atoms with Crippen LogP contribution in [-0.2, 0) is 0 Å². The number of carbonyl (C=O) groups is 1. The summed E-state index contributed by atoms with van der Waals surface area (Å²) in [6.07, 6.45) is 4.47. The fourth-order valence-corrected chi connectivity index (χ4v) is 3.66. The molecule has 6 heteroatoms. The zero-order valence-corrected chi connectivity index (χ0v) is 15.9. The predicted octanol–water partition coefficient (Wildman–Crippen LogP) is 3.93. The van der Waals surface area contributed by atoms with Crippen molar-refractivity contribution in [3.05, 3.63) is 66.5 Å². The van der Waals surface area contributed by atoms with Crippen LogP contribution in [0.1, 0.15) is 34.1 Å². The molecule has 6 nitrogen and oxygen atoms in total. The third-order valence-electron chi connectivity index (χ3n) is 5.03. The van der Waals surface area contributed by atoms with E-state index in [1.54, 1.807) is 6.08 Å². The summed E-state index contributed by atoms with van der Waals surface area (Å²) in [5.74, 6) is 0.888. The van der Waals surface area contributed by atoms with Gasteiger partial charge in [-0.1, -0.05) is 24.3 Å². The van der Waals surface area contributed by atoms with E-state index in [0.29, 0.717) is 18.7 Å². The van der Waals surface area contributed by atoms with Crippen LogP contribution in [0.15, 0.2) is 49.6 Å². The molecule has 1 unspecified atom stereocenters. The Morgan fingerprint density at radius 3 is 2.89 bits per heavy atom. The minimum atomic E-state index is -0.0479. The van der Waals surface area contributed by atoms with E-state index < -0.39 is 0 Å². The lowest BCUT2D eigenvalue weighted by Crippen LogP contribution is -2.34. The second-order valence-electron chi connectivity index (χ2n) is 6.94. The normalized spacial score (nSPS) is 15.8. The maximum Gasteiger partial charge on any atom is 0.253 e. The van der Waals surface area contributed by atoms with E-state index in [1.807, 2.05) is 37.3 Å². The molecule has 142 valence electrons. The Kier molecular flexibility index (Phi) is 4.69. The van der Waals surface area contributed by atoms with Crippen LogP contribution in [0, 0.1) is 6.92 Å². The molecule has 1 aliphatic heterocycles. The van der Waals surface area contributed by atoms with Gasteiger partial charge in [0, 0.05) is 36.0 Å². The molecule has 3 heterocycles. The number of fused-ring (bicyclic) bond motifs is 2. The number of para-hydroxylation sites is 1. The highest BCUT2D eigenvalue weighted by molar-refractivity contribution is 6.00. The number of hydrogen-bond acceptors (Lipinski definition) is 4. The Labute approximate surface area is 163 Å². The molecule has 3 aromatic rings. The van der Waals surface area contributed by atoms with E-state index >= 15 is 0 Å². The standard InChI is InChI=1S/C22H23N5O/c1-4-7-14-12-24-22(28)16-11-18(26-19(14)16)15-8-6-9-17-20(15)27-21(13(3)25-17)23-10-5-2/h4-6,8-9,11,14,26H,1-2,7,10,12H2,3H3,(H,23,27)(H,24,28). The molecule has 1 atom stereocenters. The third kappa shape index (κ3) is 3.07. The fraction of sp³-hybridized carbons (Fsp3) is 0.227. The first-order valence-electron chi connectivity index (χ1n) is 9.37. The first-order chi connectivity index (χ1) is 13.6. The van der Waals surface area contributed by atoms with E-state index in [2.05, 4.69) is 28.8 Å². The summed E-state index contributed by atoms with van der Waals surface area (Å²) in [6, 6.07) is 7.82. The summed E-state index contributed by atoms with van der Waals surface area (Å²) in [5.41, 5.74) is 5.89. The lowest BCUT2D eigenvalue weighted by Gasteiger charge is -2.21. The summed E-state index contributed by atoms with van der Waals surface area (Å²) in [7, 11) is 0. The zero-order chi connectivity index (χ0) is 19.7. The monoisotopic (exact) mass is 373 g/mol. The Morgan fingerprint density at radius 1 is 1.25 bits per heavy atom. The molecule has 0 spiro atoms. The topological polar surface area (TPSA) is 82.7 Å². The van der Waals surface area contributed by atoms with Gasteiger partial charge in [0.1, 0.15) is 11.3 Å². The highest BCUT2D eigenvalue weighted by Crippen LogP contribution is 2.33. The number of anilines is 1. The van der Waals surface area contributed by atoms with Gasteiger partial charge in [-0.15, -0.1) is 13.2 Å². The second kappa shape index (κ2) is 7.31. The van der Waals surface area contributed by atoms with Crippen LogP contribution in [0.3, 0.4) is 0 Å². The van der Waals surface area contributed by atoms with Crippen LogP contribution in [-0.4, -0.2) is 33.9 Å². The van der Waals surface area contributed by atoms with Gasteiger partial charge in [0.25, 0.3) is 5.91 Å². The smallest absolute Gasteiger partial charge is 0.253 e. The van der Waals surface area contributed by atoms with E-state index in [4.69, 9.17) is 9.97 Å². The van der Waals surface area contributed by atoms with Crippen molar-refractivity contribution in [2.45, 2.75) is 19.3 Å². The Hall–Kier alpha value is -3.41. The number of allylic oxidation sites excluding steroid dienone is 1. The average Bonchev–Trinajstić information content (AvgIpc) is 3.14. The largest absolute Gasteiger partial charge is 0.365 e. The van der Waals surface area contributed by atoms with Gasteiger partial charge in [-0.3, -0.25) is 4.79 Å². The minimum Gasteiger partial charge on any atom is -0.365 e. The number of carbonyl (C=O) groups excluding carboxylic acids is 1. The summed E-state index contributed by atoms with van der Waals surface area (Å²) < 4.78 is 0. The van der Waals surface area contributed by atoms with E-state index in [9.17, 15) is 4.79 Å². The Bertz CT molecular complexity index is 1080. The number of aromatic nitrogens is 3. The predicted molar refractivity (Wildman–Crippen MR) is 113 cm³/mol. The first kappa shape index (κ1) is 18.0. The number of amides is 1. The molecule has 1 amide bonds. The molecule has 1 aliphatic rings. The molecule has 0 aliphatic carbocycles. The van der Waals surface area contributed by atoms with Gasteiger partial charge in [-0.25, -0.2) is 9.97 Å². The number of nitrogens with zero attached hydrogens (tertiary/aromatic N) is 2. The minimum absolute atomic E-state index is 0.0479. The van der Waals surface area contributed by atoms with Crippen molar-refractivity contribution in [3.63, 3.8) is 0 Å². The number of H-pyrrole nitrogens is 1. The van der Waals surface area contributed by atoms with Gasteiger partial charge in [-0.05, 0) is 25.5 Å². The fourth-order valence-electron chi connectivity index (χ4n) is 3.66. The molecular formula is C22H23N5O. The van der Waals surface area contributed by atoms with Crippen molar-refractivity contribution < 1.29 is 4.79 Å². The number of rotatable bonds is 6. The molecule has 0 fully saturated rings. The van der Waals surface area contributed by atoms with Gasteiger partial charge < -0.3 is 15.6 Å². The number of nitrogens with one attached hydrogen (secondary N) is 3. The van der Waals surface area contributed by atoms with Crippen LogP contribution in [0.4, 0.5) is 5.82 Å². The number of hydrogen-bond donors (Lipinski definition) is 3. The van der Waals surface area contributed by atoms with Crippen molar-refractivity contribution in [2.75, 3.05) is 18.4 Å². The Balaban J connectivity index is 1.85. The Morgan fingerprint density at radius 2 is 2.11 bits per heavy atom. The highest BCUT2D eigenvalue weighted by Gasteiger charge is 2.27. The molecular weight excluding hydrogens is 350 g/mol. The summed E-state index contributed by atoms with van der Waals surface area (Å²) >= 11 is 0. The van der Waals surface area contributed by atoms with Crippen molar-refractivity contribution in [1.29, 1.82) is 0 Å². The molecule has 1 aromatic carbocycles. The molecule has 0 saturated carbocycles. The number of benzene rings is 1. The molecule has 4 rings (SSSR count). The maximum atomic E-state index is 12.4. The van der Waals surface area contributed by atoms with Crippen LogP contribution in [0.25, 0.3) is 22.3 Å². The van der Waals surface area contributed by atoms with Crippen LogP contribution in [0.5, 0.6) is 0 Å². The SMILES string of the molecule is C=CCNc1nc2c(-c3cc4c([nH]3)C(CC=C)CNC4=O)cccc2nc1C. The van der Waals surface area contributed by atoms with Crippen LogP contribution in [0.2, 0.25) is 0 Å². The zero-order valence-electron chi connectivity index (χ0n) is 15.9. The molecule has 3 N–H and O–H groups in total. The molecule has 28 heavy (non-hydrogen) atoms. The van der Waals surface area contributed by atoms with Crippen molar-refractivity contribution in [2.24, 2.45) is 0 Å². The van der Waals surface area contributed by atoms with E-state index in [-0.39, 0.29) is 11.8 Å². The van der Waals surface area contributed by atoms with Crippen molar-refractivity contribution in [3.8, 4) is 11.3 Å². The van der Waals surface area contributed by atoms with Crippen molar-refractivity contribution in [1.82, 2.24) is 20.3 Å². The third-order valence-corrected chi connectivity index (χ3v) is 5.03. The van der Waals surface area contributed by atoms with Gasteiger partial charge in [0.15, 0.2) is 0 Å². The number of aryl methyl sites for hydroxylation is 1. The number of aromatic amines is 1. The quantitative estimate of drug-likeness (QED) is 0.572. The van der Waals surface area contributed by atoms with Crippen molar-refractivity contribution >= 4 is 22.8 Å². The van der Waals surface area contributed by atoms with E-state index in [1.165, 1.54) is 0 Å². The molecule has 0 radical (unpaired) electrons. The van der Waals surface area contributed by atoms with Gasteiger partial charge >= 0.3 is 0 Å². The van der Waals surface area contributed by atoms with Gasteiger partial charge in [0.2, 0.25) is 0 Å². The summed E-state index contributed by atoms with van der Waals surface area (Å²) in [5, 5.41) is 6.20.